The lowest BCUT2D eigenvalue weighted by Gasteiger charge is -2.31. The summed E-state index contributed by atoms with van der Waals surface area (Å²) in [5, 5.41) is 18.2. The zero-order valence-electron chi connectivity index (χ0n) is 12.1. The van der Waals surface area contributed by atoms with Crippen LogP contribution in [-0.2, 0) is 16.1 Å². The molecular weight excluding hydrogens is 274 g/mol. The predicted molar refractivity (Wildman–Crippen MR) is 76.5 cm³/mol. The second kappa shape index (κ2) is 7.28. The van der Waals surface area contributed by atoms with E-state index in [9.17, 15) is 9.90 Å². The molecule has 1 aliphatic rings. The number of phenols is 1. The number of benzene rings is 1. The molecule has 0 bridgehead atoms. The van der Waals surface area contributed by atoms with Gasteiger partial charge in [0.1, 0.15) is 6.61 Å². The molecule has 2 rings (SSSR count). The molecule has 1 aromatic carbocycles. The Bertz CT molecular complexity index is 483. The first-order valence-corrected chi connectivity index (χ1v) is 7.00. The fraction of sp³-hybridized carbons (Fsp3) is 0.533. The van der Waals surface area contributed by atoms with E-state index in [1.807, 2.05) is 12.1 Å². The Morgan fingerprint density at radius 2 is 2.10 bits per heavy atom. The van der Waals surface area contributed by atoms with Crippen LogP contribution < -0.4 is 4.74 Å². The van der Waals surface area contributed by atoms with Gasteiger partial charge < -0.3 is 19.7 Å². The molecule has 2 N–H and O–H groups in total. The van der Waals surface area contributed by atoms with Gasteiger partial charge in [0.25, 0.3) is 0 Å². The zero-order valence-corrected chi connectivity index (χ0v) is 12.1. The Labute approximate surface area is 123 Å². The van der Waals surface area contributed by atoms with Crippen molar-refractivity contribution in [2.75, 3.05) is 26.8 Å². The topological polar surface area (TPSA) is 79.2 Å². The molecule has 6 nitrogen and oxygen atoms in total. The van der Waals surface area contributed by atoms with Crippen LogP contribution in [0.3, 0.4) is 0 Å². The molecule has 0 radical (unpaired) electrons. The first-order valence-electron chi connectivity index (χ1n) is 7.00. The van der Waals surface area contributed by atoms with Crippen molar-refractivity contribution in [1.82, 2.24) is 4.90 Å². The van der Waals surface area contributed by atoms with Crippen LogP contribution in [0.2, 0.25) is 0 Å². The number of aromatic hydroxyl groups is 1. The molecule has 6 heteroatoms. The van der Waals surface area contributed by atoms with Crippen molar-refractivity contribution in [2.45, 2.75) is 25.5 Å². The van der Waals surface area contributed by atoms with Gasteiger partial charge >= 0.3 is 5.97 Å². The summed E-state index contributed by atoms with van der Waals surface area (Å²) in [6, 6.07) is 5.35. The Kier molecular flexibility index (Phi) is 5.41. The van der Waals surface area contributed by atoms with Gasteiger partial charge in [0.05, 0.1) is 13.2 Å². The molecule has 0 spiro atoms. The SMILES string of the molecule is COc1cc(CN2CCC(OCC(=O)O)CC2)ccc1O. The summed E-state index contributed by atoms with van der Waals surface area (Å²) in [4.78, 5) is 12.8. The molecule has 1 saturated heterocycles. The number of nitrogens with zero attached hydrogens (tertiary/aromatic N) is 1. The standard InChI is InChI=1S/C15H21NO5/c1-20-14-8-11(2-3-13(14)17)9-16-6-4-12(5-7-16)21-10-15(18)19/h2-3,8,12,17H,4-7,9-10H2,1H3,(H,18,19). The molecule has 1 aliphatic heterocycles. The number of hydrogen-bond acceptors (Lipinski definition) is 5. The number of carbonyl (C=O) groups is 1. The van der Waals surface area contributed by atoms with E-state index >= 15 is 0 Å². The molecular formula is C15H21NO5. The zero-order chi connectivity index (χ0) is 15.2. The van der Waals surface area contributed by atoms with E-state index < -0.39 is 5.97 Å². The monoisotopic (exact) mass is 295 g/mol. The van der Waals surface area contributed by atoms with Gasteiger partial charge in [-0.25, -0.2) is 4.79 Å². The summed E-state index contributed by atoms with van der Waals surface area (Å²) < 4.78 is 10.4. The smallest absolute Gasteiger partial charge is 0.329 e. The Balaban J connectivity index is 1.82. The summed E-state index contributed by atoms with van der Waals surface area (Å²) in [5.74, 6) is -0.303. The number of ether oxygens (including phenoxy) is 2. The van der Waals surface area contributed by atoms with Gasteiger partial charge in [-0.2, -0.15) is 0 Å². The van der Waals surface area contributed by atoms with Gasteiger partial charge in [0.2, 0.25) is 0 Å². The molecule has 0 atom stereocenters. The van der Waals surface area contributed by atoms with Crippen LogP contribution in [-0.4, -0.2) is 54.0 Å². The molecule has 0 saturated carbocycles. The molecule has 21 heavy (non-hydrogen) atoms. The maximum atomic E-state index is 10.5. The van der Waals surface area contributed by atoms with Crippen molar-refractivity contribution in [3.8, 4) is 11.5 Å². The number of methoxy groups -OCH3 is 1. The second-order valence-electron chi connectivity index (χ2n) is 5.19. The number of likely N-dealkylation sites (tertiary alicyclic amines) is 1. The van der Waals surface area contributed by atoms with Gasteiger partial charge in [0.15, 0.2) is 11.5 Å². The van der Waals surface area contributed by atoms with Crippen molar-refractivity contribution in [3.63, 3.8) is 0 Å². The molecule has 0 aliphatic carbocycles. The first-order chi connectivity index (χ1) is 10.1. The number of hydrogen-bond donors (Lipinski definition) is 2. The average molecular weight is 295 g/mol. The predicted octanol–water partition coefficient (Wildman–Crippen LogP) is 1.47. The third kappa shape index (κ3) is 4.61. The van der Waals surface area contributed by atoms with Gasteiger partial charge in [-0.15, -0.1) is 0 Å². The molecule has 0 amide bonds. The molecule has 0 aromatic heterocycles. The summed E-state index contributed by atoms with van der Waals surface area (Å²) in [6.45, 7) is 2.29. The lowest BCUT2D eigenvalue weighted by molar-refractivity contribution is -0.145. The van der Waals surface area contributed by atoms with E-state index in [1.165, 1.54) is 7.11 Å². The minimum atomic E-state index is -0.923. The van der Waals surface area contributed by atoms with Crippen LogP contribution in [0.1, 0.15) is 18.4 Å². The highest BCUT2D eigenvalue weighted by Crippen LogP contribution is 2.27. The Hall–Kier alpha value is -1.79. The minimum absolute atomic E-state index is 0.0340. The van der Waals surface area contributed by atoms with Gasteiger partial charge in [-0.1, -0.05) is 6.07 Å². The van der Waals surface area contributed by atoms with Crippen LogP contribution >= 0.6 is 0 Å². The Morgan fingerprint density at radius 1 is 1.38 bits per heavy atom. The number of aliphatic carboxylic acids is 1. The second-order valence-corrected chi connectivity index (χ2v) is 5.19. The summed E-state index contributed by atoms with van der Waals surface area (Å²) >= 11 is 0. The quantitative estimate of drug-likeness (QED) is 0.827. The van der Waals surface area contributed by atoms with E-state index in [4.69, 9.17) is 14.6 Å². The summed E-state index contributed by atoms with van der Waals surface area (Å²) in [5.41, 5.74) is 1.08. The summed E-state index contributed by atoms with van der Waals surface area (Å²) in [7, 11) is 1.53. The Morgan fingerprint density at radius 3 is 2.71 bits per heavy atom. The highest BCUT2D eigenvalue weighted by atomic mass is 16.5. The van der Waals surface area contributed by atoms with Crippen LogP contribution in [0.5, 0.6) is 11.5 Å². The maximum absolute atomic E-state index is 10.5. The van der Waals surface area contributed by atoms with Crippen molar-refractivity contribution in [1.29, 1.82) is 0 Å². The number of carboxylic acid groups (broad SMARTS) is 1. The van der Waals surface area contributed by atoms with Crippen LogP contribution in [0, 0.1) is 0 Å². The van der Waals surface area contributed by atoms with E-state index in [0.717, 1.165) is 38.0 Å². The van der Waals surface area contributed by atoms with Crippen molar-refractivity contribution in [2.24, 2.45) is 0 Å². The molecule has 116 valence electrons. The van der Waals surface area contributed by atoms with E-state index in [0.29, 0.717) is 5.75 Å². The van der Waals surface area contributed by atoms with Gasteiger partial charge in [0, 0.05) is 19.6 Å². The normalized spacial score (nSPS) is 16.8. The fourth-order valence-electron chi connectivity index (χ4n) is 2.50. The fourth-order valence-corrected chi connectivity index (χ4v) is 2.50. The minimum Gasteiger partial charge on any atom is -0.504 e. The van der Waals surface area contributed by atoms with Gasteiger partial charge in [-0.3, -0.25) is 4.90 Å². The molecule has 1 aromatic rings. The van der Waals surface area contributed by atoms with E-state index in [-0.39, 0.29) is 18.5 Å². The number of phenolic OH excluding ortho intramolecular Hbond substituents is 1. The molecule has 0 unspecified atom stereocenters. The highest BCUT2D eigenvalue weighted by molar-refractivity contribution is 5.68. The number of piperidine rings is 1. The van der Waals surface area contributed by atoms with Crippen LogP contribution in [0.25, 0.3) is 0 Å². The lowest BCUT2D eigenvalue weighted by atomic mass is 10.1. The lowest BCUT2D eigenvalue weighted by Crippen LogP contribution is -2.37. The third-order valence-electron chi connectivity index (χ3n) is 3.63. The maximum Gasteiger partial charge on any atom is 0.329 e. The molecule has 1 heterocycles. The first kappa shape index (κ1) is 15.6. The summed E-state index contributed by atoms with van der Waals surface area (Å²) in [6.07, 6.45) is 1.71. The van der Waals surface area contributed by atoms with E-state index in [2.05, 4.69) is 4.90 Å². The largest absolute Gasteiger partial charge is 0.504 e. The third-order valence-corrected chi connectivity index (χ3v) is 3.63. The van der Waals surface area contributed by atoms with Crippen LogP contribution in [0.4, 0.5) is 0 Å². The molecule has 1 fully saturated rings. The van der Waals surface area contributed by atoms with Crippen molar-refractivity contribution in [3.05, 3.63) is 23.8 Å². The van der Waals surface area contributed by atoms with Crippen LogP contribution in [0.15, 0.2) is 18.2 Å². The highest BCUT2D eigenvalue weighted by Gasteiger charge is 2.20. The number of rotatable bonds is 6. The average Bonchev–Trinajstić information content (AvgIpc) is 2.48. The number of carboxylic acids is 1. The van der Waals surface area contributed by atoms with Crippen molar-refractivity contribution >= 4 is 5.97 Å². The van der Waals surface area contributed by atoms with Gasteiger partial charge in [-0.05, 0) is 30.5 Å². The van der Waals surface area contributed by atoms with Crippen molar-refractivity contribution < 1.29 is 24.5 Å². The van der Waals surface area contributed by atoms with E-state index in [1.54, 1.807) is 6.07 Å².